The van der Waals surface area contributed by atoms with E-state index in [9.17, 15) is 5.48 Å². The van der Waals surface area contributed by atoms with Gasteiger partial charge in [0.2, 0.25) is 0 Å². The third-order valence-electron chi connectivity index (χ3n) is 8.62. The van der Waals surface area contributed by atoms with Crippen LogP contribution in [0.4, 0.5) is 17.1 Å². The Labute approximate surface area is 291 Å². The van der Waals surface area contributed by atoms with Gasteiger partial charge in [0.1, 0.15) is 11.2 Å². The molecule has 2 heteroatoms. The minimum Gasteiger partial charge on any atom is -0.456 e. The maximum absolute atomic E-state index is 9.71. The van der Waals surface area contributed by atoms with Gasteiger partial charge >= 0.3 is 0 Å². The van der Waals surface area contributed by atoms with Crippen LogP contribution in [0.1, 0.15) is 11.0 Å². The van der Waals surface area contributed by atoms with E-state index in [-0.39, 0.29) is 80.2 Å². The van der Waals surface area contributed by atoms with Crippen LogP contribution in [0.15, 0.2) is 192 Å². The second-order valence-corrected chi connectivity index (χ2v) is 11.5. The molecule has 0 saturated heterocycles. The molecule has 48 heavy (non-hydrogen) atoms. The standard InChI is InChI=1S/C46H31NO/c1-4-12-32(13-5-1)34-20-24-37(25-21-34)47(38-26-22-35(23-27-38)33-14-6-2-7-15-33)39-28-29-42-44(30-39)48-45-31-43(36-16-8-3-9-17-36)40-18-10-11-19-41(40)46(42)45/h1-31H/i10D,11D,18D,19D,28D,29D,30D,31D. The highest BCUT2D eigenvalue weighted by Crippen LogP contribution is 2.43. The summed E-state index contributed by atoms with van der Waals surface area (Å²) < 4.78 is 79.8. The second-order valence-electron chi connectivity index (χ2n) is 11.5. The monoisotopic (exact) mass is 621 g/mol. The van der Waals surface area contributed by atoms with Gasteiger partial charge in [0.25, 0.3) is 0 Å². The fourth-order valence-electron chi connectivity index (χ4n) is 6.30. The molecule has 1 aromatic heterocycles. The average Bonchev–Trinajstić information content (AvgIpc) is 3.65. The summed E-state index contributed by atoms with van der Waals surface area (Å²) in [7, 11) is 0. The van der Waals surface area contributed by atoms with Crippen molar-refractivity contribution in [2.75, 3.05) is 4.90 Å². The van der Waals surface area contributed by atoms with E-state index in [0.717, 1.165) is 22.3 Å². The van der Waals surface area contributed by atoms with Crippen molar-refractivity contribution in [3.05, 3.63) is 188 Å². The largest absolute Gasteiger partial charge is 0.456 e. The molecular weight excluding hydrogens is 583 g/mol. The number of fused-ring (bicyclic) bond motifs is 5. The molecule has 0 radical (unpaired) electrons. The summed E-state index contributed by atoms with van der Waals surface area (Å²) in [6.07, 6.45) is 0. The van der Waals surface area contributed by atoms with Crippen molar-refractivity contribution in [1.29, 1.82) is 0 Å². The van der Waals surface area contributed by atoms with Crippen LogP contribution in [-0.2, 0) is 0 Å². The molecule has 0 unspecified atom stereocenters. The maximum Gasteiger partial charge on any atom is 0.137 e. The Kier molecular flexibility index (Phi) is 5.07. The van der Waals surface area contributed by atoms with Gasteiger partial charge in [0, 0.05) is 33.9 Å². The zero-order valence-corrected chi connectivity index (χ0v) is 25.6. The lowest BCUT2D eigenvalue weighted by atomic mass is 9.95. The molecule has 1 heterocycles. The topological polar surface area (TPSA) is 16.4 Å². The molecule has 0 spiro atoms. The Morgan fingerprint density at radius 1 is 0.396 bits per heavy atom. The lowest BCUT2D eigenvalue weighted by molar-refractivity contribution is 0.669. The predicted molar refractivity (Wildman–Crippen MR) is 202 cm³/mol. The maximum atomic E-state index is 9.71. The number of benzene rings is 8. The Morgan fingerprint density at radius 3 is 1.46 bits per heavy atom. The van der Waals surface area contributed by atoms with Crippen LogP contribution >= 0.6 is 0 Å². The zero-order chi connectivity index (χ0) is 38.8. The zero-order valence-electron chi connectivity index (χ0n) is 33.6. The molecule has 0 bridgehead atoms. The molecule has 0 fully saturated rings. The van der Waals surface area contributed by atoms with E-state index in [2.05, 4.69) is 0 Å². The summed E-state index contributed by atoms with van der Waals surface area (Å²) >= 11 is 0. The van der Waals surface area contributed by atoms with Gasteiger partial charge in [-0.1, -0.05) is 139 Å². The highest BCUT2D eigenvalue weighted by atomic mass is 16.3. The van der Waals surface area contributed by atoms with E-state index >= 15 is 0 Å². The number of nitrogens with zero attached hydrogens (tertiary/aromatic N) is 1. The van der Waals surface area contributed by atoms with Crippen LogP contribution in [0.3, 0.4) is 0 Å². The van der Waals surface area contributed by atoms with Crippen LogP contribution in [0, 0.1) is 0 Å². The Bertz CT molecular complexity index is 2890. The summed E-state index contributed by atoms with van der Waals surface area (Å²) in [5, 5.41) is 0.337. The fraction of sp³-hybridized carbons (Fsp3) is 0. The third-order valence-corrected chi connectivity index (χ3v) is 8.62. The van der Waals surface area contributed by atoms with Crippen molar-refractivity contribution in [2.24, 2.45) is 0 Å². The Hall–Kier alpha value is -6.38. The summed E-state index contributed by atoms with van der Waals surface area (Å²) in [4.78, 5) is 1.76. The molecule has 0 aliphatic carbocycles. The summed E-state index contributed by atoms with van der Waals surface area (Å²) in [5.74, 6) is 0. The predicted octanol–water partition coefficient (Wildman–Crippen LogP) is 13.2. The second kappa shape index (κ2) is 11.8. The van der Waals surface area contributed by atoms with Gasteiger partial charge in [0.15, 0.2) is 0 Å². The van der Waals surface area contributed by atoms with Crippen molar-refractivity contribution >= 4 is 49.8 Å². The van der Waals surface area contributed by atoms with Crippen molar-refractivity contribution in [3.63, 3.8) is 0 Å². The van der Waals surface area contributed by atoms with Gasteiger partial charge in [-0.25, -0.2) is 0 Å². The first kappa shape index (κ1) is 20.7. The highest BCUT2D eigenvalue weighted by molar-refractivity contribution is 6.22. The number of rotatable bonds is 6. The smallest absolute Gasteiger partial charge is 0.137 e. The van der Waals surface area contributed by atoms with Gasteiger partial charge in [-0.2, -0.15) is 0 Å². The number of anilines is 3. The first-order valence-corrected chi connectivity index (χ1v) is 15.7. The van der Waals surface area contributed by atoms with Crippen LogP contribution < -0.4 is 4.90 Å². The molecule has 2 nitrogen and oxygen atoms in total. The summed E-state index contributed by atoms with van der Waals surface area (Å²) in [6, 6.07) is 41.8. The molecule has 0 aliphatic rings. The van der Waals surface area contributed by atoms with E-state index in [4.69, 9.17) is 9.90 Å². The molecule has 0 saturated carbocycles. The SMILES string of the molecule is [2H]c1c([2H])c([2H])c2c(c1[2H])c(-c1ccccc1)c([2H])c1oc3c([2H])c(N(c4ccc(-c5ccccc5)cc4)c4ccc(-c5ccccc5)cc4)c([2H])c([2H])c3c12. The normalized spacial score (nSPS) is 13.7. The Morgan fingerprint density at radius 2 is 0.896 bits per heavy atom. The van der Waals surface area contributed by atoms with Crippen LogP contribution in [-0.4, -0.2) is 0 Å². The highest BCUT2D eigenvalue weighted by Gasteiger charge is 2.18. The van der Waals surface area contributed by atoms with Crippen molar-refractivity contribution in [3.8, 4) is 33.4 Å². The molecule has 9 aromatic rings. The van der Waals surface area contributed by atoms with E-state index in [1.807, 2.05) is 115 Å². The van der Waals surface area contributed by atoms with Gasteiger partial charge in [-0.3, -0.25) is 0 Å². The van der Waals surface area contributed by atoms with Gasteiger partial charge in [-0.05, 0) is 86.5 Å². The molecule has 0 amide bonds. The number of furan rings is 1. The molecule has 0 aliphatic heterocycles. The lowest BCUT2D eigenvalue weighted by Crippen LogP contribution is -2.09. The van der Waals surface area contributed by atoms with E-state index in [1.54, 1.807) is 29.2 Å². The average molecular weight is 622 g/mol. The molecule has 226 valence electrons. The van der Waals surface area contributed by atoms with Gasteiger partial charge in [-0.15, -0.1) is 0 Å². The van der Waals surface area contributed by atoms with Crippen molar-refractivity contribution in [2.45, 2.75) is 0 Å². The third kappa shape index (κ3) is 4.92. The summed E-state index contributed by atoms with van der Waals surface area (Å²) in [6.45, 7) is 0. The van der Waals surface area contributed by atoms with Crippen LogP contribution in [0.25, 0.3) is 66.1 Å². The van der Waals surface area contributed by atoms with E-state index in [0.29, 0.717) is 16.9 Å². The Balaban J connectivity index is 1.34. The lowest BCUT2D eigenvalue weighted by Gasteiger charge is -2.26. The van der Waals surface area contributed by atoms with Crippen molar-refractivity contribution < 1.29 is 15.4 Å². The first-order chi connectivity index (χ1) is 27.2. The van der Waals surface area contributed by atoms with Gasteiger partial charge in [0.05, 0.1) is 11.0 Å². The first-order valence-electron chi connectivity index (χ1n) is 19.7. The van der Waals surface area contributed by atoms with E-state index < -0.39 is 12.1 Å². The van der Waals surface area contributed by atoms with Gasteiger partial charge < -0.3 is 9.32 Å². The molecule has 0 atom stereocenters. The fourth-order valence-corrected chi connectivity index (χ4v) is 6.30. The van der Waals surface area contributed by atoms with Crippen molar-refractivity contribution in [1.82, 2.24) is 0 Å². The summed E-state index contributed by atoms with van der Waals surface area (Å²) in [5.41, 5.74) is 6.11. The molecular formula is C46H31NO. The minimum atomic E-state index is -0.473. The minimum absolute atomic E-state index is 0.0269. The molecule has 0 N–H and O–H groups in total. The number of hydrogen-bond donors (Lipinski definition) is 0. The van der Waals surface area contributed by atoms with E-state index in [1.165, 1.54) is 0 Å². The quantitative estimate of drug-likeness (QED) is 0.184. The van der Waals surface area contributed by atoms with Crippen LogP contribution in [0.5, 0.6) is 0 Å². The van der Waals surface area contributed by atoms with Crippen LogP contribution in [0.2, 0.25) is 0 Å². The molecule has 8 aromatic carbocycles. The number of hydrogen-bond acceptors (Lipinski definition) is 2. The molecule has 9 rings (SSSR count).